The number of ether oxygens (including phenoxy) is 1. The number of benzene rings is 2. The first kappa shape index (κ1) is 17.1. The van der Waals surface area contributed by atoms with Crippen molar-refractivity contribution < 1.29 is 19.7 Å². The molecule has 0 aliphatic rings. The molecule has 0 atom stereocenters. The number of hydrogen-bond acceptors (Lipinski definition) is 3. The minimum absolute atomic E-state index is 0.116. The number of fused-ring (bicyclic) bond motifs is 1. The normalized spacial score (nSPS) is 10.9. The molecule has 2 aromatic carbocycles. The largest absolute Gasteiger partial charge is 0.506 e. The lowest BCUT2D eigenvalue weighted by Crippen LogP contribution is -2.03. The van der Waals surface area contributed by atoms with E-state index in [-0.39, 0.29) is 11.3 Å². The van der Waals surface area contributed by atoms with Gasteiger partial charge in [0.1, 0.15) is 17.1 Å². The molecule has 124 valence electrons. The Morgan fingerprint density at radius 2 is 1.96 bits per heavy atom. The molecule has 0 spiro atoms. The summed E-state index contributed by atoms with van der Waals surface area (Å²) in [6.07, 6.45) is 5.15. The molecule has 2 N–H and O–H groups in total. The average Bonchev–Trinajstić information content (AvgIpc) is 2.55. The van der Waals surface area contributed by atoms with Crippen molar-refractivity contribution in [2.24, 2.45) is 0 Å². The Morgan fingerprint density at radius 1 is 1.17 bits per heavy atom. The number of rotatable bonds is 8. The zero-order chi connectivity index (χ0) is 16.8. The quantitative estimate of drug-likeness (QED) is 0.689. The van der Waals surface area contributed by atoms with Crippen LogP contribution in [0.4, 0.5) is 0 Å². The van der Waals surface area contributed by atoms with E-state index in [2.05, 4.69) is 6.92 Å². The topological polar surface area (TPSA) is 66.8 Å². The fourth-order valence-electron chi connectivity index (χ4n) is 2.79. The molecule has 4 heteroatoms. The van der Waals surface area contributed by atoms with Crippen molar-refractivity contribution in [3.63, 3.8) is 0 Å². The minimum Gasteiger partial charge on any atom is -0.506 e. The Balaban J connectivity index is 2.43. The Labute approximate surface area is 136 Å². The van der Waals surface area contributed by atoms with Gasteiger partial charge in [0.05, 0.1) is 6.61 Å². The van der Waals surface area contributed by atoms with Crippen LogP contribution in [0, 0.1) is 0 Å². The van der Waals surface area contributed by atoms with Gasteiger partial charge in [0, 0.05) is 10.8 Å². The standard InChI is InChI=1S/C19H24O4/c1-3-5-6-7-11-23-16-12-15(19(21)22)18(20)14-10-8-9-13(4-2)17(14)16/h8-10,12,20H,3-7,11H2,1-2H3,(H,21,22). The molecule has 0 heterocycles. The average molecular weight is 316 g/mol. The molecule has 2 aromatic rings. The molecule has 0 aromatic heterocycles. The summed E-state index contributed by atoms with van der Waals surface area (Å²) in [5.41, 5.74) is 0.924. The number of carboxylic acid groups (broad SMARTS) is 1. The third kappa shape index (κ3) is 3.76. The van der Waals surface area contributed by atoms with Gasteiger partial charge in [-0.25, -0.2) is 4.79 Å². The van der Waals surface area contributed by atoms with E-state index >= 15 is 0 Å². The first-order chi connectivity index (χ1) is 11.1. The molecule has 0 aliphatic heterocycles. The van der Waals surface area contributed by atoms with E-state index in [0.717, 1.165) is 36.6 Å². The molecule has 23 heavy (non-hydrogen) atoms. The summed E-state index contributed by atoms with van der Waals surface area (Å²) in [5, 5.41) is 20.9. The molecular formula is C19H24O4. The van der Waals surface area contributed by atoms with Gasteiger partial charge < -0.3 is 14.9 Å². The van der Waals surface area contributed by atoms with Gasteiger partial charge in [-0.3, -0.25) is 0 Å². The number of aromatic carboxylic acids is 1. The van der Waals surface area contributed by atoms with Crippen LogP contribution in [0.3, 0.4) is 0 Å². The number of aromatic hydroxyl groups is 1. The van der Waals surface area contributed by atoms with Gasteiger partial charge in [-0.15, -0.1) is 0 Å². The van der Waals surface area contributed by atoms with Crippen LogP contribution in [0.5, 0.6) is 11.5 Å². The Hall–Kier alpha value is -2.23. The van der Waals surface area contributed by atoms with E-state index in [1.807, 2.05) is 19.1 Å². The van der Waals surface area contributed by atoms with E-state index in [4.69, 9.17) is 4.74 Å². The van der Waals surface area contributed by atoms with Gasteiger partial charge >= 0.3 is 5.97 Å². The molecule has 0 unspecified atom stereocenters. The summed E-state index contributed by atoms with van der Waals surface area (Å²) in [6.45, 7) is 4.74. The fraction of sp³-hybridized carbons (Fsp3) is 0.421. The first-order valence-electron chi connectivity index (χ1n) is 8.23. The summed E-state index contributed by atoms with van der Waals surface area (Å²) >= 11 is 0. The van der Waals surface area contributed by atoms with E-state index in [1.165, 1.54) is 12.5 Å². The first-order valence-corrected chi connectivity index (χ1v) is 8.23. The van der Waals surface area contributed by atoms with E-state index in [0.29, 0.717) is 17.7 Å². The number of carboxylic acids is 1. The lowest BCUT2D eigenvalue weighted by molar-refractivity contribution is 0.0693. The van der Waals surface area contributed by atoms with Gasteiger partial charge in [0.15, 0.2) is 0 Å². The van der Waals surface area contributed by atoms with Crippen molar-refractivity contribution in [3.8, 4) is 11.5 Å². The number of phenols is 1. The van der Waals surface area contributed by atoms with Crippen LogP contribution in [0.15, 0.2) is 24.3 Å². The number of aryl methyl sites for hydroxylation is 1. The molecule has 0 amide bonds. The highest BCUT2D eigenvalue weighted by molar-refractivity contribution is 6.04. The molecule has 0 aliphatic carbocycles. The molecule has 2 rings (SSSR count). The summed E-state index contributed by atoms with van der Waals surface area (Å²) in [6, 6.07) is 6.99. The smallest absolute Gasteiger partial charge is 0.339 e. The number of hydrogen-bond donors (Lipinski definition) is 2. The molecule has 0 bridgehead atoms. The van der Waals surface area contributed by atoms with Gasteiger partial charge in [0.2, 0.25) is 0 Å². The maximum absolute atomic E-state index is 11.4. The van der Waals surface area contributed by atoms with Gasteiger partial charge in [-0.2, -0.15) is 0 Å². The second-order valence-electron chi connectivity index (χ2n) is 5.68. The zero-order valence-corrected chi connectivity index (χ0v) is 13.8. The van der Waals surface area contributed by atoms with E-state index in [1.54, 1.807) is 6.07 Å². The van der Waals surface area contributed by atoms with Crippen molar-refractivity contribution in [1.82, 2.24) is 0 Å². The van der Waals surface area contributed by atoms with Crippen molar-refractivity contribution >= 4 is 16.7 Å². The summed E-state index contributed by atoms with van der Waals surface area (Å²) < 4.78 is 5.88. The van der Waals surface area contributed by atoms with E-state index in [9.17, 15) is 15.0 Å². The zero-order valence-electron chi connectivity index (χ0n) is 13.8. The number of unbranched alkanes of at least 4 members (excludes halogenated alkanes) is 3. The maximum atomic E-state index is 11.4. The lowest BCUT2D eigenvalue weighted by atomic mass is 9.98. The van der Waals surface area contributed by atoms with Gasteiger partial charge in [0.25, 0.3) is 0 Å². The second-order valence-corrected chi connectivity index (χ2v) is 5.68. The second kappa shape index (κ2) is 7.86. The predicted octanol–water partition coefficient (Wildman–Crippen LogP) is 4.77. The third-order valence-corrected chi connectivity index (χ3v) is 4.05. The van der Waals surface area contributed by atoms with Crippen molar-refractivity contribution in [2.45, 2.75) is 46.0 Å². The fourth-order valence-corrected chi connectivity index (χ4v) is 2.79. The maximum Gasteiger partial charge on any atom is 0.339 e. The van der Waals surface area contributed by atoms with Crippen LogP contribution in [-0.2, 0) is 6.42 Å². The van der Waals surface area contributed by atoms with Crippen molar-refractivity contribution in [1.29, 1.82) is 0 Å². The monoisotopic (exact) mass is 316 g/mol. The lowest BCUT2D eigenvalue weighted by Gasteiger charge is -2.15. The highest BCUT2D eigenvalue weighted by Crippen LogP contribution is 2.38. The van der Waals surface area contributed by atoms with Crippen LogP contribution >= 0.6 is 0 Å². The minimum atomic E-state index is -1.15. The van der Waals surface area contributed by atoms with Gasteiger partial charge in [-0.05, 0) is 24.5 Å². The van der Waals surface area contributed by atoms with Gasteiger partial charge in [-0.1, -0.05) is 51.3 Å². The Bertz CT molecular complexity index is 691. The Kier molecular flexibility index (Phi) is 5.85. The van der Waals surface area contributed by atoms with Crippen LogP contribution in [-0.4, -0.2) is 22.8 Å². The third-order valence-electron chi connectivity index (χ3n) is 4.05. The van der Waals surface area contributed by atoms with Crippen LogP contribution in [0.2, 0.25) is 0 Å². The molecule has 0 saturated carbocycles. The highest BCUT2D eigenvalue weighted by atomic mass is 16.5. The molecule has 0 saturated heterocycles. The summed E-state index contributed by atoms with van der Waals surface area (Å²) in [4.78, 5) is 11.4. The van der Waals surface area contributed by atoms with Crippen LogP contribution in [0.25, 0.3) is 10.8 Å². The Morgan fingerprint density at radius 3 is 2.61 bits per heavy atom. The molecule has 4 nitrogen and oxygen atoms in total. The SMILES string of the molecule is CCCCCCOc1cc(C(=O)O)c(O)c2cccc(CC)c12. The van der Waals surface area contributed by atoms with Crippen LogP contribution in [0.1, 0.15) is 55.5 Å². The predicted molar refractivity (Wildman–Crippen MR) is 91.6 cm³/mol. The van der Waals surface area contributed by atoms with E-state index < -0.39 is 5.97 Å². The van der Waals surface area contributed by atoms with Crippen molar-refractivity contribution in [3.05, 3.63) is 35.4 Å². The van der Waals surface area contributed by atoms with Crippen molar-refractivity contribution in [2.75, 3.05) is 6.61 Å². The van der Waals surface area contributed by atoms with Crippen LogP contribution < -0.4 is 4.74 Å². The number of carbonyl (C=O) groups is 1. The highest BCUT2D eigenvalue weighted by Gasteiger charge is 2.18. The molecule has 0 radical (unpaired) electrons. The summed E-state index contributed by atoms with van der Waals surface area (Å²) in [5.74, 6) is -0.799. The molecular weight excluding hydrogens is 292 g/mol. The molecule has 0 fully saturated rings. The summed E-state index contributed by atoms with van der Waals surface area (Å²) in [7, 11) is 0.